The third kappa shape index (κ3) is 7.34. The van der Waals surface area contributed by atoms with Gasteiger partial charge < -0.3 is 9.47 Å². The first-order valence-electron chi connectivity index (χ1n) is 11.4. The van der Waals surface area contributed by atoms with Crippen molar-refractivity contribution in [3.8, 4) is 23.0 Å². The van der Waals surface area contributed by atoms with E-state index >= 15 is 0 Å². The van der Waals surface area contributed by atoms with E-state index in [2.05, 4.69) is 0 Å². The molecule has 4 aromatic carbocycles. The highest BCUT2D eigenvalue weighted by molar-refractivity contribution is 5.89. The Morgan fingerprint density at radius 2 is 0.763 bits per heavy atom. The summed E-state index contributed by atoms with van der Waals surface area (Å²) in [5, 5.41) is 0. The maximum atomic E-state index is 12.1. The number of hydrogen-bond acceptors (Lipinski definition) is 9. The van der Waals surface area contributed by atoms with Crippen LogP contribution < -0.4 is 19.2 Å². The predicted octanol–water partition coefficient (Wildman–Crippen LogP) is 6.18. The molecule has 0 radical (unpaired) electrons. The monoisotopic (exact) mass is 514 g/mol. The Hall–Kier alpha value is -5.31. The van der Waals surface area contributed by atoms with Crippen LogP contribution in [0.15, 0.2) is 97.1 Å². The van der Waals surface area contributed by atoms with Crippen LogP contribution in [-0.2, 0) is 9.78 Å². The Bertz CT molecular complexity index is 1280. The summed E-state index contributed by atoms with van der Waals surface area (Å²) in [6, 6.07) is 25.2. The van der Waals surface area contributed by atoms with Crippen LogP contribution in [0, 0.1) is 13.8 Å². The second-order valence-electron chi connectivity index (χ2n) is 8.04. The first-order valence-corrected chi connectivity index (χ1v) is 11.4. The molecular formula is C29H22O9. The van der Waals surface area contributed by atoms with Gasteiger partial charge in [0, 0.05) is 0 Å². The molecule has 0 heterocycles. The van der Waals surface area contributed by atoms with Crippen molar-refractivity contribution in [2.75, 3.05) is 0 Å². The van der Waals surface area contributed by atoms with Gasteiger partial charge in [0.05, 0.1) is 11.1 Å². The van der Waals surface area contributed by atoms with Gasteiger partial charge in [-0.2, -0.15) is 0 Å². The molecule has 0 fully saturated rings. The molecule has 0 spiro atoms. The van der Waals surface area contributed by atoms with E-state index in [1.54, 1.807) is 48.5 Å². The van der Waals surface area contributed by atoms with Crippen molar-refractivity contribution in [3.05, 3.63) is 119 Å². The van der Waals surface area contributed by atoms with Gasteiger partial charge in [0.2, 0.25) is 0 Å². The zero-order valence-electron chi connectivity index (χ0n) is 20.4. The van der Waals surface area contributed by atoms with Crippen LogP contribution in [-0.4, -0.2) is 18.1 Å². The van der Waals surface area contributed by atoms with E-state index < -0.39 is 18.1 Å². The molecule has 192 valence electrons. The summed E-state index contributed by atoms with van der Waals surface area (Å²) < 4.78 is 10.2. The molecule has 0 N–H and O–H groups in total. The Balaban J connectivity index is 1.21. The fourth-order valence-corrected chi connectivity index (χ4v) is 2.99. The minimum absolute atomic E-state index is 0.176. The van der Waals surface area contributed by atoms with Gasteiger partial charge in [0.15, 0.2) is 11.5 Å². The van der Waals surface area contributed by atoms with E-state index in [1.165, 1.54) is 48.5 Å². The lowest BCUT2D eigenvalue weighted by Crippen LogP contribution is -2.13. The highest BCUT2D eigenvalue weighted by Crippen LogP contribution is 2.21. The second-order valence-corrected chi connectivity index (χ2v) is 8.04. The molecule has 38 heavy (non-hydrogen) atoms. The van der Waals surface area contributed by atoms with E-state index in [0.717, 1.165) is 11.1 Å². The number of hydrogen-bond donors (Lipinski definition) is 0. The molecule has 9 nitrogen and oxygen atoms in total. The third-order valence-electron chi connectivity index (χ3n) is 5.05. The Morgan fingerprint density at radius 1 is 0.447 bits per heavy atom. The second kappa shape index (κ2) is 12.1. The SMILES string of the molecule is Cc1ccc(C(=O)OOc2ccc(OC(=O)Oc3ccc(OOC(=O)c4ccc(C)cc4)cc3)cc2)cc1. The maximum Gasteiger partial charge on any atom is 0.519 e. The van der Waals surface area contributed by atoms with Gasteiger partial charge in [0.1, 0.15) is 11.5 Å². The maximum absolute atomic E-state index is 12.1. The molecule has 0 aliphatic carbocycles. The van der Waals surface area contributed by atoms with Crippen molar-refractivity contribution in [1.82, 2.24) is 0 Å². The number of ether oxygens (including phenoxy) is 2. The molecule has 0 saturated heterocycles. The summed E-state index contributed by atoms with van der Waals surface area (Å²) in [4.78, 5) is 55.8. The average Bonchev–Trinajstić information content (AvgIpc) is 2.92. The van der Waals surface area contributed by atoms with Crippen molar-refractivity contribution in [2.24, 2.45) is 0 Å². The minimum Gasteiger partial charge on any atom is -0.395 e. The van der Waals surface area contributed by atoms with Crippen LogP contribution >= 0.6 is 0 Å². The lowest BCUT2D eigenvalue weighted by atomic mass is 10.2. The lowest BCUT2D eigenvalue weighted by Gasteiger charge is -2.08. The van der Waals surface area contributed by atoms with Gasteiger partial charge in [-0.3, -0.25) is 9.78 Å². The highest BCUT2D eigenvalue weighted by Gasteiger charge is 2.12. The molecule has 0 aromatic heterocycles. The van der Waals surface area contributed by atoms with Crippen LogP contribution in [0.25, 0.3) is 0 Å². The highest BCUT2D eigenvalue weighted by atomic mass is 17.2. The van der Waals surface area contributed by atoms with E-state index in [1.807, 2.05) is 13.8 Å². The summed E-state index contributed by atoms with van der Waals surface area (Å²) >= 11 is 0. The van der Waals surface area contributed by atoms with Crippen molar-refractivity contribution in [3.63, 3.8) is 0 Å². The fourth-order valence-electron chi connectivity index (χ4n) is 2.99. The topological polar surface area (TPSA) is 107 Å². The Labute approximate surface area is 217 Å². The standard InChI is InChI=1S/C29H22O9/c1-19-3-7-21(8-4-19)27(30)37-35-25-15-11-23(12-16-25)33-29(32)34-24-13-17-26(18-14-24)36-38-28(31)22-9-5-20(2)6-10-22/h3-18H,1-2H3. The van der Waals surface area contributed by atoms with Gasteiger partial charge in [-0.05, 0) is 86.6 Å². The molecule has 4 rings (SSSR count). The number of aryl methyl sites for hydroxylation is 2. The number of carbonyl (C=O) groups is 3. The normalized spacial score (nSPS) is 10.2. The van der Waals surface area contributed by atoms with Gasteiger partial charge in [-0.25, -0.2) is 24.2 Å². The zero-order chi connectivity index (χ0) is 26.9. The van der Waals surface area contributed by atoms with E-state index in [0.29, 0.717) is 11.1 Å². The quantitative estimate of drug-likeness (QED) is 0.118. The van der Waals surface area contributed by atoms with Crippen LogP contribution in [0.5, 0.6) is 23.0 Å². The molecule has 0 atom stereocenters. The average molecular weight is 514 g/mol. The van der Waals surface area contributed by atoms with E-state index in [9.17, 15) is 14.4 Å². The summed E-state index contributed by atoms with van der Waals surface area (Å²) in [5.74, 6) is -0.482. The molecule has 9 heteroatoms. The molecule has 0 saturated carbocycles. The van der Waals surface area contributed by atoms with Crippen LogP contribution in [0.2, 0.25) is 0 Å². The molecule has 0 aliphatic heterocycles. The van der Waals surface area contributed by atoms with Gasteiger partial charge in [0.25, 0.3) is 0 Å². The first kappa shape index (κ1) is 25.8. The zero-order valence-corrected chi connectivity index (χ0v) is 20.4. The van der Waals surface area contributed by atoms with Crippen LogP contribution in [0.1, 0.15) is 31.8 Å². The number of benzene rings is 4. The Kier molecular flexibility index (Phi) is 8.20. The molecular weight excluding hydrogens is 492 g/mol. The smallest absolute Gasteiger partial charge is 0.395 e. The lowest BCUT2D eigenvalue weighted by molar-refractivity contribution is -0.149. The van der Waals surface area contributed by atoms with Crippen molar-refractivity contribution >= 4 is 18.1 Å². The molecule has 0 bridgehead atoms. The van der Waals surface area contributed by atoms with Crippen LogP contribution in [0.3, 0.4) is 0 Å². The summed E-state index contributed by atoms with van der Waals surface area (Å²) in [6.07, 6.45) is -0.982. The molecule has 0 unspecified atom stereocenters. The fraction of sp³-hybridized carbons (Fsp3) is 0.0690. The first-order chi connectivity index (χ1) is 18.4. The van der Waals surface area contributed by atoms with Crippen molar-refractivity contribution in [1.29, 1.82) is 0 Å². The minimum atomic E-state index is -0.982. The van der Waals surface area contributed by atoms with E-state index in [4.69, 9.17) is 29.0 Å². The van der Waals surface area contributed by atoms with Crippen molar-refractivity contribution < 1.29 is 43.4 Å². The van der Waals surface area contributed by atoms with E-state index in [-0.39, 0.29) is 23.0 Å². The number of rotatable bonds is 8. The summed E-state index contributed by atoms with van der Waals surface area (Å²) in [7, 11) is 0. The largest absolute Gasteiger partial charge is 0.519 e. The van der Waals surface area contributed by atoms with Gasteiger partial charge >= 0.3 is 18.1 Å². The van der Waals surface area contributed by atoms with Crippen molar-refractivity contribution in [2.45, 2.75) is 13.8 Å². The molecule has 4 aromatic rings. The summed E-state index contributed by atoms with van der Waals surface area (Å²) in [6.45, 7) is 3.82. The van der Waals surface area contributed by atoms with Crippen LogP contribution in [0.4, 0.5) is 4.79 Å². The molecule has 0 amide bonds. The Morgan fingerprint density at radius 3 is 1.11 bits per heavy atom. The summed E-state index contributed by atoms with van der Waals surface area (Å²) in [5.41, 5.74) is 2.72. The predicted molar refractivity (Wildman–Crippen MR) is 134 cm³/mol. The number of carbonyl (C=O) groups excluding carboxylic acids is 3. The third-order valence-corrected chi connectivity index (χ3v) is 5.05. The molecule has 0 aliphatic rings. The van der Waals surface area contributed by atoms with Gasteiger partial charge in [-0.1, -0.05) is 35.4 Å². The van der Waals surface area contributed by atoms with Gasteiger partial charge in [-0.15, -0.1) is 0 Å².